The molecule has 2 unspecified atom stereocenters. The van der Waals surface area contributed by atoms with Crippen LogP contribution in [0.15, 0.2) is 58.2 Å². The Bertz CT molecular complexity index is 931. The normalized spacial score (nSPS) is 19.6. The summed E-state index contributed by atoms with van der Waals surface area (Å²) in [6.45, 7) is 8.82. The third-order valence-corrected chi connectivity index (χ3v) is 6.07. The SMILES string of the molecule is CCCC1=NOC(C(=O)O)(C(OCc2ccc(C(C)(C)C)cc2)c2ccc(Br)cc2)C1. The van der Waals surface area contributed by atoms with Crippen LogP contribution >= 0.6 is 15.9 Å². The van der Waals surface area contributed by atoms with Crippen LogP contribution in [0, 0.1) is 0 Å². The average molecular weight is 488 g/mol. The zero-order valence-corrected chi connectivity index (χ0v) is 20.1. The Kier molecular flexibility index (Phi) is 7.22. The highest BCUT2D eigenvalue weighted by molar-refractivity contribution is 9.10. The van der Waals surface area contributed by atoms with Gasteiger partial charge < -0.3 is 14.7 Å². The number of aliphatic carboxylic acids is 1. The van der Waals surface area contributed by atoms with E-state index in [4.69, 9.17) is 9.57 Å². The molecule has 2 atom stereocenters. The number of carbonyl (C=O) groups is 1. The first-order valence-corrected chi connectivity index (χ1v) is 11.4. The van der Waals surface area contributed by atoms with Gasteiger partial charge in [-0.25, -0.2) is 4.79 Å². The molecular weight excluding hydrogens is 458 g/mol. The molecule has 166 valence electrons. The second kappa shape index (κ2) is 9.53. The van der Waals surface area contributed by atoms with Gasteiger partial charge >= 0.3 is 5.97 Å². The summed E-state index contributed by atoms with van der Waals surface area (Å²) in [7, 11) is 0. The van der Waals surface area contributed by atoms with Crippen molar-refractivity contribution in [3.8, 4) is 0 Å². The molecule has 31 heavy (non-hydrogen) atoms. The Hall–Kier alpha value is -2.18. The van der Waals surface area contributed by atoms with Gasteiger partial charge in [0.25, 0.3) is 5.60 Å². The van der Waals surface area contributed by atoms with Crippen LogP contribution in [-0.4, -0.2) is 22.4 Å². The monoisotopic (exact) mass is 487 g/mol. The smallest absolute Gasteiger partial charge is 0.354 e. The van der Waals surface area contributed by atoms with Crippen LogP contribution in [0.4, 0.5) is 0 Å². The van der Waals surface area contributed by atoms with Crippen molar-refractivity contribution >= 4 is 27.6 Å². The molecule has 0 saturated carbocycles. The summed E-state index contributed by atoms with van der Waals surface area (Å²) < 4.78 is 7.17. The molecule has 0 aromatic heterocycles. The quantitative estimate of drug-likeness (QED) is 0.467. The lowest BCUT2D eigenvalue weighted by atomic mass is 9.85. The van der Waals surface area contributed by atoms with E-state index in [1.54, 1.807) is 0 Å². The minimum Gasteiger partial charge on any atom is -0.478 e. The van der Waals surface area contributed by atoms with Gasteiger partial charge in [-0.2, -0.15) is 0 Å². The zero-order chi connectivity index (χ0) is 22.6. The van der Waals surface area contributed by atoms with Crippen molar-refractivity contribution in [1.82, 2.24) is 0 Å². The Balaban J connectivity index is 1.88. The molecular formula is C25H30BrNO4. The highest BCUT2D eigenvalue weighted by Gasteiger charge is 2.54. The van der Waals surface area contributed by atoms with Crippen molar-refractivity contribution < 1.29 is 19.5 Å². The number of rotatable bonds is 8. The molecule has 2 aromatic rings. The Labute approximate surface area is 192 Å². The van der Waals surface area contributed by atoms with E-state index in [1.807, 2.05) is 43.3 Å². The van der Waals surface area contributed by atoms with Gasteiger partial charge in [-0.05, 0) is 40.7 Å². The minimum atomic E-state index is -1.58. The lowest BCUT2D eigenvalue weighted by Crippen LogP contribution is -2.46. The molecule has 0 saturated heterocycles. The number of hydrogen-bond acceptors (Lipinski definition) is 4. The first kappa shape index (κ1) is 23.5. The number of halogens is 1. The van der Waals surface area contributed by atoms with Gasteiger partial charge in [-0.3, -0.25) is 0 Å². The van der Waals surface area contributed by atoms with Gasteiger partial charge in [-0.15, -0.1) is 0 Å². The maximum absolute atomic E-state index is 12.4. The van der Waals surface area contributed by atoms with Crippen LogP contribution in [-0.2, 0) is 26.4 Å². The first-order valence-electron chi connectivity index (χ1n) is 10.6. The van der Waals surface area contributed by atoms with Crippen LogP contribution in [0.3, 0.4) is 0 Å². The number of oxime groups is 1. The van der Waals surface area contributed by atoms with Crippen molar-refractivity contribution in [2.24, 2.45) is 5.16 Å². The maximum Gasteiger partial charge on any atom is 0.354 e. The van der Waals surface area contributed by atoms with Crippen molar-refractivity contribution in [3.05, 3.63) is 69.7 Å². The first-order chi connectivity index (χ1) is 14.7. The van der Waals surface area contributed by atoms with Crippen molar-refractivity contribution in [2.45, 2.75) is 70.7 Å². The fourth-order valence-electron chi connectivity index (χ4n) is 3.72. The predicted molar refractivity (Wildman–Crippen MR) is 125 cm³/mol. The lowest BCUT2D eigenvalue weighted by molar-refractivity contribution is -0.187. The Morgan fingerprint density at radius 3 is 2.39 bits per heavy atom. The molecule has 3 rings (SSSR count). The van der Waals surface area contributed by atoms with E-state index in [2.05, 4.69) is 54.0 Å². The van der Waals surface area contributed by atoms with E-state index in [0.29, 0.717) is 6.42 Å². The van der Waals surface area contributed by atoms with Crippen LogP contribution in [0.5, 0.6) is 0 Å². The molecule has 0 fully saturated rings. The predicted octanol–water partition coefficient (Wildman–Crippen LogP) is 6.40. The van der Waals surface area contributed by atoms with E-state index in [0.717, 1.165) is 27.7 Å². The van der Waals surface area contributed by atoms with Crippen molar-refractivity contribution in [2.75, 3.05) is 0 Å². The number of carboxylic acid groups (broad SMARTS) is 1. The van der Waals surface area contributed by atoms with E-state index in [-0.39, 0.29) is 18.4 Å². The molecule has 0 spiro atoms. The fourth-order valence-corrected chi connectivity index (χ4v) is 3.99. The Morgan fingerprint density at radius 1 is 1.19 bits per heavy atom. The number of carboxylic acids is 1. The summed E-state index contributed by atoms with van der Waals surface area (Å²) in [6, 6.07) is 15.7. The molecule has 2 aromatic carbocycles. The number of hydrogen-bond donors (Lipinski definition) is 1. The van der Waals surface area contributed by atoms with E-state index < -0.39 is 17.7 Å². The standard InChI is InChI=1S/C25H30BrNO4/c1-5-6-21-15-25(23(28)29,31-27-21)22(18-9-13-20(26)14-10-18)30-16-17-7-11-19(12-8-17)24(2,3)4/h7-14,22H,5-6,15-16H2,1-4H3,(H,28,29). The molecule has 1 N–H and O–H groups in total. The van der Waals surface area contributed by atoms with Gasteiger partial charge in [0.05, 0.1) is 12.3 Å². The third-order valence-electron chi connectivity index (χ3n) is 5.54. The lowest BCUT2D eigenvalue weighted by Gasteiger charge is -2.31. The molecule has 0 aliphatic carbocycles. The maximum atomic E-state index is 12.4. The summed E-state index contributed by atoms with van der Waals surface area (Å²) >= 11 is 3.44. The second-order valence-corrected chi connectivity index (χ2v) is 9.98. The van der Waals surface area contributed by atoms with Gasteiger partial charge in [0.1, 0.15) is 6.10 Å². The molecule has 5 nitrogen and oxygen atoms in total. The molecule has 0 radical (unpaired) electrons. The number of benzene rings is 2. The topological polar surface area (TPSA) is 68.1 Å². The highest BCUT2D eigenvalue weighted by atomic mass is 79.9. The van der Waals surface area contributed by atoms with Crippen LogP contribution in [0.25, 0.3) is 0 Å². The number of nitrogens with zero attached hydrogens (tertiary/aromatic N) is 1. The summed E-state index contributed by atoms with van der Waals surface area (Å²) in [5.41, 5.74) is 2.19. The van der Waals surface area contributed by atoms with Gasteiger partial charge in [0.2, 0.25) is 0 Å². The fraction of sp³-hybridized carbons (Fsp3) is 0.440. The molecule has 0 bridgehead atoms. The average Bonchev–Trinajstić information content (AvgIpc) is 3.14. The van der Waals surface area contributed by atoms with E-state index in [1.165, 1.54) is 5.56 Å². The van der Waals surface area contributed by atoms with Crippen molar-refractivity contribution in [3.63, 3.8) is 0 Å². The number of ether oxygens (including phenoxy) is 1. The minimum absolute atomic E-state index is 0.0669. The summed E-state index contributed by atoms with van der Waals surface area (Å²) in [5, 5.41) is 14.3. The summed E-state index contributed by atoms with van der Waals surface area (Å²) in [6.07, 6.45) is 0.983. The zero-order valence-electron chi connectivity index (χ0n) is 18.5. The van der Waals surface area contributed by atoms with E-state index in [9.17, 15) is 9.90 Å². The van der Waals surface area contributed by atoms with Crippen molar-refractivity contribution in [1.29, 1.82) is 0 Å². The summed E-state index contributed by atoms with van der Waals surface area (Å²) in [5.74, 6) is -1.07. The third kappa shape index (κ3) is 5.36. The van der Waals surface area contributed by atoms with E-state index >= 15 is 0 Å². The van der Waals surface area contributed by atoms with Crippen LogP contribution < -0.4 is 0 Å². The molecule has 6 heteroatoms. The largest absolute Gasteiger partial charge is 0.478 e. The highest BCUT2D eigenvalue weighted by Crippen LogP contribution is 2.41. The molecule has 1 aliphatic heterocycles. The van der Waals surface area contributed by atoms with Crippen LogP contribution in [0.2, 0.25) is 0 Å². The molecule has 1 aliphatic rings. The van der Waals surface area contributed by atoms with Gasteiger partial charge in [0.15, 0.2) is 0 Å². The van der Waals surface area contributed by atoms with Crippen LogP contribution in [0.1, 0.15) is 69.8 Å². The van der Waals surface area contributed by atoms with Gasteiger partial charge in [0, 0.05) is 10.9 Å². The second-order valence-electron chi connectivity index (χ2n) is 9.06. The molecule has 1 heterocycles. The Morgan fingerprint density at radius 2 is 1.84 bits per heavy atom. The molecule has 0 amide bonds. The summed E-state index contributed by atoms with van der Waals surface area (Å²) in [4.78, 5) is 18.1. The van der Waals surface area contributed by atoms with Gasteiger partial charge in [-0.1, -0.05) is 91.6 Å².